The number of carbonyl (C=O) groups excluding carboxylic acids is 1. The second-order valence-corrected chi connectivity index (χ2v) is 5.83. The van der Waals surface area contributed by atoms with E-state index in [1.165, 1.54) is 64.2 Å². The molecule has 0 radical (unpaired) electrons. The lowest BCUT2D eigenvalue weighted by Gasteiger charge is -2.06. The molecule has 0 bridgehead atoms. The molecule has 0 aromatic rings. The Kier molecular flexibility index (Phi) is 8.89. The van der Waals surface area contributed by atoms with Gasteiger partial charge < -0.3 is 4.79 Å². The van der Waals surface area contributed by atoms with E-state index >= 15 is 0 Å². The van der Waals surface area contributed by atoms with E-state index in [0.29, 0.717) is 5.78 Å². The molecule has 0 spiro atoms. The van der Waals surface area contributed by atoms with Crippen molar-refractivity contribution in [2.24, 2.45) is 5.92 Å². The van der Waals surface area contributed by atoms with Crippen LogP contribution < -0.4 is 0 Å². The molecule has 0 aliphatic heterocycles. The third-order valence-electron chi connectivity index (χ3n) is 3.97. The first-order chi connectivity index (χ1) is 8.79. The Morgan fingerprint density at radius 3 is 2.17 bits per heavy atom. The van der Waals surface area contributed by atoms with Crippen LogP contribution in [-0.4, -0.2) is 5.78 Å². The number of hydrogen-bond donors (Lipinski definition) is 0. The van der Waals surface area contributed by atoms with Crippen molar-refractivity contribution in [3.8, 4) is 0 Å². The van der Waals surface area contributed by atoms with Crippen molar-refractivity contribution in [3.05, 3.63) is 12.2 Å². The zero-order chi connectivity index (χ0) is 13.1. The maximum Gasteiger partial charge on any atom is 0.129 e. The molecule has 0 aromatic heterocycles. The van der Waals surface area contributed by atoms with Crippen LogP contribution in [0.3, 0.4) is 0 Å². The molecule has 0 aromatic carbocycles. The minimum absolute atomic E-state index is 0.343. The fourth-order valence-corrected chi connectivity index (χ4v) is 2.78. The van der Waals surface area contributed by atoms with Gasteiger partial charge in [-0.15, -0.1) is 0 Å². The summed E-state index contributed by atoms with van der Waals surface area (Å²) in [6.45, 7) is 1.69. The smallest absolute Gasteiger partial charge is 0.129 e. The average Bonchev–Trinajstić information content (AvgIpc) is 2.84. The van der Waals surface area contributed by atoms with Crippen molar-refractivity contribution in [1.82, 2.24) is 0 Å². The molecule has 0 saturated heterocycles. The van der Waals surface area contributed by atoms with Crippen molar-refractivity contribution in [2.45, 2.75) is 84.0 Å². The fourth-order valence-electron chi connectivity index (χ4n) is 2.78. The maximum atomic E-state index is 10.8. The van der Waals surface area contributed by atoms with Crippen LogP contribution in [0, 0.1) is 5.92 Å². The molecule has 0 saturated carbocycles. The first kappa shape index (κ1) is 15.5. The summed E-state index contributed by atoms with van der Waals surface area (Å²) in [6.07, 6.45) is 20.3. The minimum Gasteiger partial charge on any atom is -0.300 e. The van der Waals surface area contributed by atoms with Gasteiger partial charge in [0.05, 0.1) is 0 Å². The van der Waals surface area contributed by atoms with Gasteiger partial charge in [-0.05, 0) is 38.5 Å². The molecular formula is C17H30O. The standard InChI is InChI=1S/C17H30O/c1-16(18)12-8-6-4-2-3-5-7-9-13-17-14-10-11-15-17/h10,14,17H,2-9,11-13,15H2,1H3. The topological polar surface area (TPSA) is 17.1 Å². The summed E-state index contributed by atoms with van der Waals surface area (Å²) in [5.74, 6) is 1.24. The molecule has 0 amide bonds. The number of allylic oxidation sites excluding steroid dienone is 2. The summed E-state index contributed by atoms with van der Waals surface area (Å²) >= 11 is 0. The number of ketones is 1. The Labute approximate surface area is 113 Å². The number of carbonyl (C=O) groups is 1. The monoisotopic (exact) mass is 250 g/mol. The highest BCUT2D eigenvalue weighted by Gasteiger charge is 2.07. The van der Waals surface area contributed by atoms with Crippen molar-refractivity contribution in [2.75, 3.05) is 0 Å². The summed E-state index contributed by atoms with van der Waals surface area (Å²) in [5, 5.41) is 0. The SMILES string of the molecule is CC(=O)CCCCCCCCCCC1C=CCC1. The zero-order valence-electron chi connectivity index (χ0n) is 12.1. The molecule has 104 valence electrons. The van der Waals surface area contributed by atoms with Gasteiger partial charge in [0.2, 0.25) is 0 Å². The van der Waals surface area contributed by atoms with Crippen LogP contribution in [0.5, 0.6) is 0 Å². The zero-order valence-corrected chi connectivity index (χ0v) is 12.1. The van der Waals surface area contributed by atoms with Gasteiger partial charge >= 0.3 is 0 Å². The number of Topliss-reactive ketones (excluding diaryl/α,β-unsaturated/α-hetero) is 1. The van der Waals surface area contributed by atoms with Gasteiger partial charge in [-0.25, -0.2) is 0 Å². The summed E-state index contributed by atoms with van der Waals surface area (Å²) in [5.41, 5.74) is 0. The highest BCUT2D eigenvalue weighted by molar-refractivity contribution is 5.75. The van der Waals surface area contributed by atoms with Crippen LogP contribution in [0.1, 0.15) is 84.0 Å². The summed E-state index contributed by atoms with van der Waals surface area (Å²) in [4.78, 5) is 10.8. The molecule has 1 heteroatoms. The van der Waals surface area contributed by atoms with Crippen molar-refractivity contribution in [1.29, 1.82) is 0 Å². The van der Waals surface area contributed by atoms with Crippen molar-refractivity contribution in [3.63, 3.8) is 0 Å². The Balaban J connectivity index is 1.73. The predicted molar refractivity (Wildman–Crippen MR) is 78.7 cm³/mol. The Morgan fingerprint density at radius 1 is 1.00 bits per heavy atom. The quantitative estimate of drug-likeness (QED) is 0.352. The first-order valence-corrected chi connectivity index (χ1v) is 7.95. The van der Waals surface area contributed by atoms with E-state index in [2.05, 4.69) is 12.2 Å². The second-order valence-electron chi connectivity index (χ2n) is 5.83. The van der Waals surface area contributed by atoms with Gasteiger partial charge in [0, 0.05) is 6.42 Å². The van der Waals surface area contributed by atoms with Crippen molar-refractivity contribution >= 4 is 5.78 Å². The van der Waals surface area contributed by atoms with Crippen LogP contribution in [0.4, 0.5) is 0 Å². The molecule has 1 nitrogen and oxygen atoms in total. The first-order valence-electron chi connectivity index (χ1n) is 7.95. The molecule has 1 atom stereocenters. The van der Waals surface area contributed by atoms with Crippen LogP contribution in [-0.2, 0) is 4.79 Å². The third kappa shape index (κ3) is 8.49. The highest BCUT2D eigenvalue weighted by atomic mass is 16.1. The van der Waals surface area contributed by atoms with Gasteiger partial charge in [0.15, 0.2) is 0 Å². The molecule has 18 heavy (non-hydrogen) atoms. The average molecular weight is 250 g/mol. The second kappa shape index (κ2) is 10.3. The van der Waals surface area contributed by atoms with Gasteiger partial charge in [-0.2, -0.15) is 0 Å². The molecule has 1 unspecified atom stereocenters. The van der Waals surface area contributed by atoms with Crippen molar-refractivity contribution < 1.29 is 4.79 Å². The largest absolute Gasteiger partial charge is 0.300 e. The van der Waals surface area contributed by atoms with E-state index < -0.39 is 0 Å². The fraction of sp³-hybridized carbons (Fsp3) is 0.824. The van der Waals surface area contributed by atoms with Gasteiger partial charge in [0.25, 0.3) is 0 Å². The van der Waals surface area contributed by atoms with Crippen LogP contribution in [0.15, 0.2) is 12.2 Å². The molecule has 0 N–H and O–H groups in total. The maximum absolute atomic E-state index is 10.8. The lowest BCUT2D eigenvalue weighted by atomic mass is 9.99. The van der Waals surface area contributed by atoms with Gasteiger partial charge in [-0.3, -0.25) is 0 Å². The minimum atomic E-state index is 0.343. The normalized spacial score (nSPS) is 18.4. The van der Waals surface area contributed by atoms with Gasteiger partial charge in [-0.1, -0.05) is 57.1 Å². The summed E-state index contributed by atoms with van der Waals surface area (Å²) in [6, 6.07) is 0. The van der Waals surface area contributed by atoms with E-state index in [0.717, 1.165) is 18.8 Å². The summed E-state index contributed by atoms with van der Waals surface area (Å²) in [7, 11) is 0. The van der Waals surface area contributed by atoms with E-state index in [9.17, 15) is 4.79 Å². The van der Waals surface area contributed by atoms with E-state index in [1.54, 1.807) is 6.92 Å². The molecule has 1 rings (SSSR count). The van der Waals surface area contributed by atoms with E-state index in [1.807, 2.05) is 0 Å². The predicted octanol–water partition coefficient (Wildman–Crippen LogP) is 5.44. The third-order valence-corrected chi connectivity index (χ3v) is 3.97. The van der Waals surface area contributed by atoms with Crippen LogP contribution in [0.2, 0.25) is 0 Å². The van der Waals surface area contributed by atoms with Gasteiger partial charge in [0.1, 0.15) is 5.78 Å². The summed E-state index contributed by atoms with van der Waals surface area (Å²) < 4.78 is 0. The molecule has 0 fully saturated rings. The number of rotatable bonds is 11. The Bertz CT molecular complexity index is 242. The molecule has 1 aliphatic rings. The number of unbranched alkanes of at least 4 members (excludes halogenated alkanes) is 7. The lowest BCUT2D eigenvalue weighted by molar-refractivity contribution is -0.117. The Morgan fingerprint density at radius 2 is 1.61 bits per heavy atom. The molecule has 0 heterocycles. The number of hydrogen-bond acceptors (Lipinski definition) is 1. The molecule has 1 aliphatic carbocycles. The molecular weight excluding hydrogens is 220 g/mol. The highest BCUT2D eigenvalue weighted by Crippen LogP contribution is 2.23. The Hall–Kier alpha value is -0.590. The van der Waals surface area contributed by atoms with Crippen LogP contribution >= 0.6 is 0 Å². The van der Waals surface area contributed by atoms with E-state index in [4.69, 9.17) is 0 Å². The van der Waals surface area contributed by atoms with E-state index in [-0.39, 0.29) is 0 Å². The lowest BCUT2D eigenvalue weighted by Crippen LogP contribution is -1.91. The van der Waals surface area contributed by atoms with Crippen LogP contribution in [0.25, 0.3) is 0 Å².